The van der Waals surface area contributed by atoms with Crippen molar-refractivity contribution in [3.05, 3.63) is 0 Å². The maximum Gasteiger partial charge on any atom is 0.674 e. The van der Waals surface area contributed by atoms with Crippen LogP contribution in [0.1, 0.15) is 67.2 Å². The lowest BCUT2D eigenvalue weighted by atomic mass is 10.2. The highest BCUT2D eigenvalue weighted by atomic mass is 27.2. The molecule has 0 aromatic carbocycles. The summed E-state index contributed by atoms with van der Waals surface area (Å²) in [6.45, 7) is 13.4. The minimum Gasteiger partial charge on any atom is -0.476 e. The molecule has 0 unspecified atom stereocenters. The van der Waals surface area contributed by atoms with Crippen molar-refractivity contribution in [3.63, 3.8) is 0 Å². The lowest BCUT2D eigenvalue weighted by molar-refractivity contribution is 0.0757. The molecule has 0 rings (SSSR count). The van der Waals surface area contributed by atoms with E-state index in [9.17, 15) is 0 Å². The molecule has 0 saturated carbocycles. The van der Waals surface area contributed by atoms with Gasteiger partial charge >= 0.3 is 14.8 Å². The highest BCUT2D eigenvalue weighted by molar-refractivity contribution is 6.44. The molecule has 0 aliphatic heterocycles. The smallest absolute Gasteiger partial charge is 0.476 e. The summed E-state index contributed by atoms with van der Waals surface area (Å²) in [6.07, 6.45) is 5.82. The zero-order valence-corrected chi connectivity index (χ0v) is 14.9. The van der Waals surface area contributed by atoms with Crippen LogP contribution < -0.4 is 0 Å². The predicted octanol–water partition coefficient (Wildman–Crippen LogP) is 4.31. The van der Waals surface area contributed by atoms with Gasteiger partial charge in [-0.3, -0.25) is 0 Å². The van der Waals surface area contributed by atoms with Gasteiger partial charge in [-0.25, -0.2) is 0 Å². The van der Waals surface area contributed by atoms with Gasteiger partial charge in [0.15, 0.2) is 0 Å². The molecule has 4 heteroatoms. The Morgan fingerprint density at radius 3 is 1.68 bits per heavy atom. The van der Waals surface area contributed by atoms with Crippen LogP contribution in [0.3, 0.4) is 0 Å². The fourth-order valence-electron chi connectivity index (χ4n) is 1.86. The summed E-state index contributed by atoms with van der Waals surface area (Å²) in [4.78, 5) is 0. The fourth-order valence-corrected chi connectivity index (χ4v) is 4.03. The lowest BCUT2D eigenvalue weighted by Gasteiger charge is -2.18. The summed E-state index contributed by atoms with van der Waals surface area (Å²) in [7, 11) is 0. The van der Waals surface area contributed by atoms with Crippen molar-refractivity contribution in [2.75, 3.05) is 6.61 Å². The van der Waals surface area contributed by atoms with Gasteiger partial charge in [-0.15, -0.1) is 0 Å². The number of ether oxygens (including phenoxy) is 1. The molecule has 0 radical (unpaired) electrons. The third-order valence-corrected chi connectivity index (χ3v) is 5.21. The second-order valence-electron chi connectivity index (χ2n) is 5.92. The minimum atomic E-state index is -1.46. The highest BCUT2D eigenvalue weighted by Crippen LogP contribution is 2.11. The molecule has 0 amide bonds. The standard InChI is InChI=1S/C9H19O.2C3H7O.Al/c1-4-5-6-7-8-10-9(2)3;2*1-3(2)4;/h9H,1,4-8H2,2-3H3;2*3H,1-2H3;/q;2*-1;+2. The SMILES string of the molecule is CC(C)OCCCCC[CH2][Al]([O]C(C)C)[O]C(C)C. The average Bonchev–Trinajstić information content (AvgIpc) is 2.25. The van der Waals surface area contributed by atoms with Gasteiger partial charge in [0, 0.05) is 18.8 Å². The average molecular weight is 288 g/mol. The van der Waals surface area contributed by atoms with Gasteiger partial charge in [-0.1, -0.05) is 19.3 Å². The van der Waals surface area contributed by atoms with Gasteiger partial charge in [0.05, 0.1) is 6.10 Å². The monoisotopic (exact) mass is 288 g/mol. The van der Waals surface area contributed by atoms with E-state index in [1.54, 1.807) is 0 Å². The second-order valence-corrected chi connectivity index (χ2v) is 7.90. The van der Waals surface area contributed by atoms with E-state index in [1.165, 1.54) is 25.7 Å². The molecular weight excluding hydrogens is 255 g/mol. The number of unbranched alkanes of at least 4 members (excludes halogenated alkanes) is 3. The van der Waals surface area contributed by atoms with Crippen molar-refractivity contribution >= 4 is 14.8 Å². The van der Waals surface area contributed by atoms with E-state index in [0.29, 0.717) is 6.10 Å². The molecule has 0 aliphatic carbocycles. The van der Waals surface area contributed by atoms with Crippen LogP contribution in [0.5, 0.6) is 0 Å². The van der Waals surface area contributed by atoms with Crippen LogP contribution in [0.25, 0.3) is 0 Å². The first-order chi connectivity index (χ1) is 8.91. The van der Waals surface area contributed by atoms with Crippen LogP contribution in [-0.4, -0.2) is 39.7 Å². The first-order valence-electron chi connectivity index (χ1n) is 7.84. The number of hydrogen-bond donors (Lipinski definition) is 0. The quantitative estimate of drug-likeness (QED) is 0.395. The van der Waals surface area contributed by atoms with Crippen molar-refractivity contribution in [2.24, 2.45) is 0 Å². The second kappa shape index (κ2) is 12.2. The van der Waals surface area contributed by atoms with E-state index in [2.05, 4.69) is 41.5 Å². The molecule has 0 aliphatic rings. The molecular formula is C15H33AlO3. The minimum absolute atomic E-state index is 0.287. The van der Waals surface area contributed by atoms with E-state index >= 15 is 0 Å². The Kier molecular flexibility index (Phi) is 12.4. The van der Waals surface area contributed by atoms with E-state index in [4.69, 9.17) is 12.3 Å². The summed E-state index contributed by atoms with van der Waals surface area (Å²) in [5.74, 6) is 0. The summed E-state index contributed by atoms with van der Waals surface area (Å²) < 4.78 is 17.4. The number of hydrogen-bond acceptors (Lipinski definition) is 3. The molecule has 0 saturated heterocycles. The molecule has 0 aromatic rings. The Hall–Kier alpha value is 0.412. The van der Waals surface area contributed by atoms with Crippen LogP contribution >= 0.6 is 0 Å². The van der Waals surface area contributed by atoms with Crippen LogP contribution in [0, 0.1) is 0 Å². The van der Waals surface area contributed by atoms with Gasteiger partial charge in [-0.05, 0) is 53.2 Å². The summed E-state index contributed by atoms with van der Waals surface area (Å²) in [6, 6.07) is 0. The zero-order valence-electron chi connectivity index (χ0n) is 13.8. The predicted molar refractivity (Wildman–Crippen MR) is 82.6 cm³/mol. The summed E-state index contributed by atoms with van der Waals surface area (Å²) >= 11 is -1.46. The maximum atomic E-state index is 5.91. The Morgan fingerprint density at radius 1 is 0.684 bits per heavy atom. The highest BCUT2D eigenvalue weighted by Gasteiger charge is 2.26. The molecule has 0 N–H and O–H groups in total. The molecule has 0 fully saturated rings. The van der Waals surface area contributed by atoms with E-state index in [0.717, 1.165) is 11.9 Å². The third kappa shape index (κ3) is 14.6. The molecule has 3 nitrogen and oxygen atoms in total. The lowest BCUT2D eigenvalue weighted by Crippen LogP contribution is -2.29. The molecule has 19 heavy (non-hydrogen) atoms. The Balaban J connectivity index is 3.57. The largest absolute Gasteiger partial charge is 0.674 e. The molecule has 0 heterocycles. The maximum absolute atomic E-state index is 5.91. The first-order valence-corrected chi connectivity index (χ1v) is 9.60. The topological polar surface area (TPSA) is 27.7 Å². The normalized spacial score (nSPS) is 11.8. The van der Waals surface area contributed by atoms with E-state index in [-0.39, 0.29) is 12.2 Å². The molecule has 0 atom stereocenters. The van der Waals surface area contributed by atoms with Crippen molar-refractivity contribution in [2.45, 2.75) is 90.8 Å². The van der Waals surface area contributed by atoms with Crippen LogP contribution in [0.2, 0.25) is 5.28 Å². The Bertz CT molecular complexity index is 186. The third-order valence-electron chi connectivity index (χ3n) is 2.63. The number of rotatable bonds is 12. The van der Waals surface area contributed by atoms with Crippen molar-refractivity contribution in [1.82, 2.24) is 0 Å². The van der Waals surface area contributed by atoms with E-state index in [1.807, 2.05) is 0 Å². The van der Waals surface area contributed by atoms with Crippen LogP contribution in [-0.2, 0) is 12.3 Å². The molecule has 0 spiro atoms. The van der Waals surface area contributed by atoms with Crippen LogP contribution in [0.4, 0.5) is 0 Å². The molecule has 114 valence electrons. The Morgan fingerprint density at radius 2 is 1.21 bits per heavy atom. The van der Waals surface area contributed by atoms with Crippen LogP contribution in [0.15, 0.2) is 0 Å². The van der Waals surface area contributed by atoms with Gasteiger partial charge in [0.1, 0.15) is 0 Å². The van der Waals surface area contributed by atoms with Gasteiger partial charge in [0.25, 0.3) is 0 Å². The fraction of sp³-hybridized carbons (Fsp3) is 1.00. The van der Waals surface area contributed by atoms with Gasteiger partial charge in [0.2, 0.25) is 0 Å². The van der Waals surface area contributed by atoms with E-state index < -0.39 is 14.8 Å². The molecule has 0 bridgehead atoms. The van der Waals surface area contributed by atoms with Crippen molar-refractivity contribution in [3.8, 4) is 0 Å². The van der Waals surface area contributed by atoms with Crippen molar-refractivity contribution < 1.29 is 12.3 Å². The zero-order chi connectivity index (χ0) is 14.7. The van der Waals surface area contributed by atoms with Gasteiger partial charge < -0.3 is 12.3 Å². The van der Waals surface area contributed by atoms with Gasteiger partial charge in [-0.2, -0.15) is 0 Å². The molecule has 0 aromatic heterocycles. The summed E-state index contributed by atoms with van der Waals surface area (Å²) in [5, 5.41) is 1.13. The van der Waals surface area contributed by atoms with Crippen molar-refractivity contribution in [1.29, 1.82) is 0 Å². The first kappa shape index (κ1) is 19.4. The summed E-state index contributed by atoms with van der Waals surface area (Å²) in [5.41, 5.74) is 0. The Labute approximate surface area is 125 Å².